The zero-order chi connectivity index (χ0) is 13.2. The summed E-state index contributed by atoms with van der Waals surface area (Å²) in [6.07, 6.45) is 3.78. The molecule has 5 heteroatoms. The normalized spacial score (nSPS) is 16.5. The van der Waals surface area contributed by atoms with Gasteiger partial charge in [0.2, 0.25) is 5.95 Å². The fraction of sp³-hybridized carbons (Fsp3) is 0.500. The van der Waals surface area contributed by atoms with Crippen molar-refractivity contribution in [3.05, 3.63) is 23.2 Å². The van der Waals surface area contributed by atoms with Gasteiger partial charge < -0.3 is 15.2 Å². The highest BCUT2D eigenvalue weighted by molar-refractivity contribution is 6.35. The van der Waals surface area contributed by atoms with Crippen LogP contribution >= 0.6 is 11.6 Å². The second kappa shape index (κ2) is 5.39. The first-order valence-corrected chi connectivity index (χ1v) is 7.26. The molecule has 0 amide bonds. The third kappa shape index (κ3) is 2.55. The highest BCUT2D eigenvalue weighted by atomic mass is 35.5. The fourth-order valence-electron chi connectivity index (χ4n) is 2.82. The average Bonchev–Trinajstić information content (AvgIpc) is 3.00. The lowest BCUT2D eigenvalue weighted by atomic mass is 10.3. The number of fused-ring (bicyclic) bond motifs is 1. The van der Waals surface area contributed by atoms with Gasteiger partial charge in [0, 0.05) is 6.54 Å². The van der Waals surface area contributed by atoms with E-state index in [9.17, 15) is 0 Å². The number of imidazole rings is 1. The summed E-state index contributed by atoms with van der Waals surface area (Å²) in [5.41, 5.74) is 7.84. The highest BCUT2D eigenvalue weighted by Gasteiger charge is 2.13. The third-order valence-electron chi connectivity index (χ3n) is 3.81. The molecule has 1 aliphatic heterocycles. The van der Waals surface area contributed by atoms with Crippen molar-refractivity contribution in [3.63, 3.8) is 0 Å². The monoisotopic (exact) mass is 278 g/mol. The molecule has 1 saturated heterocycles. The molecule has 3 rings (SSSR count). The van der Waals surface area contributed by atoms with Gasteiger partial charge in [-0.1, -0.05) is 17.7 Å². The number of nitrogens with two attached hydrogens (primary N) is 1. The van der Waals surface area contributed by atoms with Crippen molar-refractivity contribution < 1.29 is 0 Å². The molecule has 0 spiro atoms. The summed E-state index contributed by atoms with van der Waals surface area (Å²) in [6, 6.07) is 5.83. The maximum Gasteiger partial charge on any atom is 0.201 e. The Hall–Kier alpha value is -1.26. The van der Waals surface area contributed by atoms with Gasteiger partial charge in [0.05, 0.1) is 10.5 Å². The predicted octanol–water partition coefficient (Wildman–Crippen LogP) is 2.76. The molecule has 19 heavy (non-hydrogen) atoms. The molecule has 0 unspecified atom stereocenters. The fourth-order valence-corrected chi connectivity index (χ4v) is 3.04. The molecule has 0 bridgehead atoms. The first-order chi connectivity index (χ1) is 9.25. The number of anilines is 1. The van der Waals surface area contributed by atoms with Crippen LogP contribution in [0.2, 0.25) is 5.02 Å². The van der Waals surface area contributed by atoms with E-state index >= 15 is 0 Å². The molecule has 2 heterocycles. The lowest BCUT2D eigenvalue weighted by molar-refractivity contribution is 0.326. The van der Waals surface area contributed by atoms with Crippen molar-refractivity contribution in [2.75, 3.05) is 25.4 Å². The Balaban J connectivity index is 1.73. The number of halogens is 1. The number of likely N-dealkylation sites (tertiary alicyclic amines) is 1. The summed E-state index contributed by atoms with van der Waals surface area (Å²) >= 11 is 6.14. The molecule has 0 atom stereocenters. The number of para-hydroxylation sites is 1. The van der Waals surface area contributed by atoms with Crippen LogP contribution in [0.5, 0.6) is 0 Å². The van der Waals surface area contributed by atoms with E-state index < -0.39 is 0 Å². The van der Waals surface area contributed by atoms with E-state index in [0.29, 0.717) is 11.0 Å². The molecule has 2 aromatic rings. The van der Waals surface area contributed by atoms with Crippen LogP contribution in [-0.4, -0.2) is 34.1 Å². The molecular formula is C14H19ClN4. The van der Waals surface area contributed by atoms with Crippen LogP contribution in [0.25, 0.3) is 11.0 Å². The van der Waals surface area contributed by atoms with E-state index in [4.69, 9.17) is 17.3 Å². The number of rotatable bonds is 4. The number of aryl methyl sites for hydroxylation is 1. The summed E-state index contributed by atoms with van der Waals surface area (Å²) in [5.74, 6) is 0.560. The van der Waals surface area contributed by atoms with Crippen LogP contribution in [0.4, 0.5) is 5.95 Å². The van der Waals surface area contributed by atoms with Crippen molar-refractivity contribution in [2.24, 2.45) is 0 Å². The third-order valence-corrected chi connectivity index (χ3v) is 4.12. The molecule has 0 aliphatic carbocycles. The van der Waals surface area contributed by atoms with Gasteiger partial charge in [-0.15, -0.1) is 0 Å². The van der Waals surface area contributed by atoms with E-state index in [0.717, 1.165) is 30.5 Å². The molecule has 102 valence electrons. The number of benzene rings is 1. The SMILES string of the molecule is Nc1nc2c(Cl)cccc2n1CCCN1CCCC1. The second-order valence-electron chi connectivity index (χ2n) is 5.13. The Labute approximate surface area is 118 Å². The molecular weight excluding hydrogens is 260 g/mol. The Morgan fingerprint density at radius 1 is 1.21 bits per heavy atom. The maximum absolute atomic E-state index is 6.14. The van der Waals surface area contributed by atoms with E-state index in [1.165, 1.54) is 25.9 Å². The van der Waals surface area contributed by atoms with E-state index in [2.05, 4.69) is 14.5 Å². The van der Waals surface area contributed by atoms with Gasteiger partial charge in [-0.3, -0.25) is 0 Å². The predicted molar refractivity (Wildman–Crippen MR) is 79.4 cm³/mol. The van der Waals surface area contributed by atoms with Crippen LogP contribution in [0, 0.1) is 0 Å². The van der Waals surface area contributed by atoms with Gasteiger partial charge in [-0.05, 0) is 51.0 Å². The zero-order valence-corrected chi connectivity index (χ0v) is 11.7. The summed E-state index contributed by atoms with van der Waals surface area (Å²) in [4.78, 5) is 6.87. The van der Waals surface area contributed by atoms with Crippen LogP contribution in [0.3, 0.4) is 0 Å². The molecule has 0 saturated carbocycles. The summed E-state index contributed by atoms with van der Waals surface area (Å²) in [5, 5.41) is 0.669. The quantitative estimate of drug-likeness (QED) is 0.935. The zero-order valence-electron chi connectivity index (χ0n) is 11.0. The molecule has 1 aromatic carbocycles. The van der Waals surface area contributed by atoms with Gasteiger partial charge in [0.25, 0.3) is 0 Å². The van der Waals surface area contributed by atoms with Crippen LogP contribution in [0.1, 0.15) is 19.3 Å². The summed E-state index contributed by atoms with van der Waals surface area (Å²) in [6.45, 7) is 4.52. The number of nitrogen functional groups attached to an aromatic ring is 1. The van der Waals surface area contributed by atoms with E-state index in [-0.39, 0.29) is 0 Å². The Morgan fingerprint density at radius 2 is 2.00 bits per heavy atom. The van der Waals surface area contributed by atoms with Crippen molar-refractivity contribution in [3.8, 4) is 0 Å². The van der Waals surface area contributed by atoms with Crippen molar-refractivity contribution in [1.29, 1.82) is 0 Å². The Bertz CT molecular complexity index is 572. The maximum atomic E-state index is 6.14. The van der Waals surface area contributed by atoms with Crippen LogP contribution in [-0.2, 0) is 6.54 Å². The lowest BCUT2D eigenvalue weighted by Crippen LogP contribution is -2.21. The molecule has 0 radical (unpaired) electrons. The molecule has 1 aromatic heterocycles. The molecule has 1 fully saturated rings. The van der Waals surface area contributed by atoms with E-state index in [1.54, 1.807) is 0 Å². The van der Waals surface area contributed by atoms with Crippen LogP contribution in [0.15, 0.2) is 18.2 Å². The molecule has 4 nitrogen and oxygen atoms in total. The average molecular weight is 279 g/mol. The van der Waals surface area contributed by atoms with Crippen molar-refractivity contribution >= 4 is 28.6 Å². The minimum atomic E-state index is 0.560. The summed E-state index contributed by atoms with van der Waals surface area (Å²) < 4.78 is 2.07. The Kier molecular flexibility index (Phi) is 3.62. The van der Waals surface area contributed by atoms with Crippen molar-refractivity contribution in [2.45, 2.75) is 25.8 Å². The molecule has 2 N–H and O–H groups in total. The van der Waals surface area contributed by atoms with Gasteiger partial charge in [0.15, 0.2) is 0 Å². The first kappa shape index (κ1) is 12.8. The summed E-state index contributed by atoms with van der Waals surface area (Å²) in [7, 11) is 0. The number of nitrogens with zero attached hydrogens (tertiary/aromatic N) is 3. The second-order valence-corrected chi connectivity index (χ2v) is 5.54. The lowest BCUT2D eigenvalue weighted by Gasteiger charge is -2.14. The van der Waals surface area contributed by atoms with Gasteiger partial charge in [-0.2, -0.15) is 0 Å². The van der Waals surface area contributed by atoms with Gasteiger partial charge >= 0.3 is 0 Å². The topological polar surface area (TPSA) is 47.1 Å². The van der Waals surface area contributed by atoms with E-state index in [1.807, 2.05) is 18.2 Å². The number of hydrogen-bond donors (Lipinski definition) is 1. The molecule has 1 aliphatic rings. The minimum absolute atomic E-state index is 0.560. The van der Waals surface area contributed by atoms with Gasteiger partial charge in [-0.25, -0.2) is 4.98 Å². The van der Waals surface area contributed by atoms with Crippen molar-refractivity contribution in [1.82, 2.24) is 14.5 Å². The first-order valence-electron chi connectivity index (χ1n) is 6.88. The highest BCUT2D eigenvalue weighted by Crippen LogP contribution is 2.25. The number of hydrogen-bond acceptors (Lipinski definition) is 3. The Morgan fingerprint density at radius 3 is 2.79 bits per heavy atom. The standard InChI is InChI=1S/C14H19ClN4/c15-11-5-3-6-12-13(11)17-14(16)19(12)10-4-9-18-7-1-2-8-18/h3,5-6H,1-2,4,7-10H2,(H2,16,17). The number of aromatic nitrogens is 2. The van der Waals surface area contributed by atoms with Crippen LogP contribution < -0.4 is 5.73 Å². The minimum Gasteiger partial charge on any atom is -0.369 e. The smallest absolute Gasteiger partial charge is 0.201 e. The van der Waals surface area contributed by atoms with Gasteiger partial charge in [0.1, 0.15) is 5.52 Å². The largest absolute Gasteiger partial charge is 0.369 e.